The topological polar surface area (TPSA) is 97.4 Å². The molecule has 0 aliphatic heterocycles. The molecule has 2 N–H and O–H groups in total. The predicted octanol–water partition coefficient (Wildman–Crippen LogP) is 4.15. The zero-order valence-corrected chi connectivity index (χ0v) is 18.0. The van der Waals surface area contributed by atoms with Gasteiger partial charge in [0.15, 0.2) is 5.16 Å². The molecule has 0 bridgehead atoms. The third-order valence-corrected chi connectivity index (χ3v) is 6.74. The number of para-hydroxylation sites is 2. The highest BCUT2D eigenvalue weighted by Gasteiger charge is 2.18. The minimum absolute atomic E-state index is 0.00495. The SMILES string of the molecule is Cc1sc2nc(SCC(=O)Nc3ccccc3O)n(Cc3ccco3)c(=O)c2c1C. The second-order valence-corrected chi connectivity index (χ2v) is 8.83. The Kier molecular flexibility index (Phi) is 5.65. The van der Waals surface area contributed by atoms with Crippen LogP contribution in [-0.4, -0.2) is 26.3 Å². The Bertz CT molecular complexity index is 1280. The number of benzene rings is 1. The van der Waals surface area contributed by atoms with Gasteiger partial charge in [-0.2, -0.15) is 0 Å². The minimum atomic E-state index is -0.307. The second-order valence-electron chi connectivity index (χ2n) is 6.68. The number of hydrogen-bond donors (Lipinski definition) is 2. The van der Waals surface area contributed by atoms with Crippen molar-refractivity contribution < 1.29 is 14.3 Å². The Morgan fingerprint density at radius 1 is 1.27 bits per heavy atom. The standard InChI is InChI=1S/C21H19N3O4S2/c1-12-13(2)30-19-18(12)20(27)24(10-14-6-5-9-28-14)21(23-19)29-11-17(26)22-15-7-3-4-8-16(15)25/h3-9,25H,10-11H2,1-2H3,(H,22,26). The Morgan fingerprint density at radius 2 is 2.07 bits per heavy atom. The van der Waals surface area contributed by atoms with Crippen LogP contribution in [0.25, 0.3) is 10.2 Å². The van der Waals surface area contributed by atoms with Crippen LogP contribution < -0.4 is 10.9 Å². The lowest BCUT2D eigenvalue weighted by molar-refractivity contribution is -0.113. The zero-order valence-electron chi connectivity index (χ0n) is 16.3. The summed E-state index contributed by atoms with van der Waals surface area (Å²) in [6, 6.07) is 10.1. The first-order chi connectivity index (χ1) is 14.4. The minimum Gasteiger partial charge on any atom is -0.506 e. The van der Waals surface area contributed by atoms with E-state index in [1.165, 1.54) is 33.7 Å². The highest BCUT2D eigenvalue weighted by molar-refractivity contribution is 7.99. The van der Waals surface area contributed by atoms with Crippen molar-refractivity contribution in [2.75, 3.05) is 11.1 Å². The fraction of sp³-hybridized carbons (Fsp3) is 0.190. The molecule has 0 atom stereocenters. The van der Waals surface area contributed by atoms with Crippen LogP contribution in [-0.2, 0) is 11.3 Å². The third-order valence-electron chi connectivity index (χ3n) is 4.66. The average Bonchev–Trinajstić information content (AvgIpc) is 3.33. The van der Waals surface area contributed by atoms with Crippen molar-refractivity contribution >= 4 is 44.9 Å². The lowest BCUT2D eigenvalue weighted by Crippen LogP contribution is -2.24. The molecule has 7 nitrogen and oxygen atoms in total. The number of aromatic nitrogens is 2. The van der Waals surface area contributed by atoms with E-state index in [9.17, 15) is 14.7 Å². The molecule has 0 aliphatic rings. The molecule has 3 heterocycles. The summed E-state index contributed by atoms with van der Waals surface area (Å²) in [5, 5.41) is 13.5. The Balaban J connectivity index is 1.64. The molecule has 1 aromatic carbocycles. The first-order valence-corrected chi connectivity index (χ1v) is 11.0. The smallest absolute Gasteiger partial charge is 0.263 e. The van der Waals surface area contributed by atoms with E-state index in [4.69, 9.17) is 4.42 Å². The summed E-state index contributed by atoms with van der Waals surface area (Å²) >= 11 is 2.64. The number of rotatable bonds is 6. The van der Waals surface area contributed by atoms with E-state index in [1.807, 2.05) is 13.8 Å². The molecule has 0 aliphatic carbocycles. The summed E-state index contributed by atoms with van der Waals surface area (Å²) in [6.45, 7) is 4.11. The maximum absolute atomic E-state index is 13.2. The number of nitrogens with one attached hydrogen (secondary N) is 1. The number of furan rings is 1. The van der Waals surface area contributed by atoms with Crippen LogP contribution in [0.15, 0.2) is 57.0 Å². The Hall–Kier alpha value is -3.04. The lowest BCUT2D eigenvalue weighted by Gasteiger charge is -2.11. The number of thiophene rings is 1. The molecule has 0 radical (unpaired) electrons. The van der Waals surface area contributed by atoms with Crippen LogP contribution in [0.3, 0.4) is 0 Å². The number of amides is 1. The fourth-order valence-electron chi connectivity index (χ4n) is 3.01. The molecule has 3 aromatic heterocycles. The van der Waals surface area contributed by atoms with E-state index < -0.39 is 0 Å². The lowest BCUT2D eigenvalue weighted by atomic mass is 10.2. The van der Waals surface area contributed by atoms with E-state index in [2.05, 4.69) is 10.3 Å². The summed E-state index contributed by atoms with van der Waals surface area (Å²) in [5.74, 6) is 0.352. The van der Waals surface area contributed by atoms with Gasteiger partial charge in [-0.1, -0.05) is 23.9 Å². The summed E-state index contributed by atoms with van der Waals surface area (Å²) < 4.78 is 6.95. The molecule has 0 saturated heterocycles. The van der Waals surface area contributed by atoms with Crippen LogP contribution in [0, 0.1) is 13.8 Å². The monoisotopic (exact) mass is 441 g/mol. The molecular formula is C21H19N3O4S2. The summed E-state index contributed by atoms with van der Waals surface area (Å²) in [5.41, 5.74) is 1.11. The van der Waals surface area contributed by atoms with Crippen molar-refractivity contribution in [2.24, 2.45) is 0 Å². The van der Waals surface area contributed by atoms with Crippen molar-refractivity contribution in [1.82, 2.24) is 9.55 Å². The van der Waals surface area contributed by atoms with Gasteiger partial charge in [0, 0.05) is 4.88 Å². The van der Waals surface area contributed by atoms with Gasteiger partial charge in [-0.3, -0.25) is 14.2 Å². The first kappa shape index (κ1) is 20.2. The molecule has 1 amide bonds. The molecule has 4 aromatic rings. The third kappa shape index (κ3) is 3.99. The van der Waals surface area contributed by atoms with Crippen molar-refractivity contribution in [3.63, 3.8) is 0 Å². The Labute approximate surface area is 180 Å². The van der Waals surface area contributed by atoms with E-state index >= 15 is 0 Å². The van der Waals surface area contributed by atoms with Gasteiger partial charge in [-0.15, -0.1) is 11.3 Å². The largest absolute Gasteiger partial charge is 0.506 e. The first-order valence-electron chi connectivity index (χ1n) is 9.17. The summed E-state index contributed by atoms with van der Waals surface area (Å²) in [4.78, 5) is 32.0. The second kappa shape index (κ2) is 8.37. The number of aromatic hydroxyl groups is 1. The van der Waals surface area contributed by atoms with Gasteiger partial charge in [0.25, 0.3) is 5.56 Å². The number of aryl methyl sites for hydroxylation is 2. The maximum Gasteiger partial charge on any atom is 0.263 e. The number of phenols is 1. The van der Waals surface area contributed by atoms with E-state index in [1.54, 1.807) is 36.6 Å². The predicted molar refractivity (Wildman–Crippen MR) is 119 cm³/mol. The number of carbonyl (C=O) groups excluding carboxylic acids is 1. The molecule has 4 rings (SSSR count). The molecule has 0 fully saturated rings. The number of thioether (sulfide) groups is 1. The van der Waals surface area contributed by atoms with Gasteiger partial charge in [0.05, 0.1) is 29.6 Å². The van der Waals surface area contributed by atoms with Crippen LogP contribution in [0.4, 0.5) is 5.69 Å². The quantitative estimate of drug-likeness (QED) is 0.265. The molecule has 30 heavy (non-hydrogen) atoms. The molecule has 0 unspecified atom stereocenters. The van der Waals surface area contributed by atoms with Crippen molar-refractivity contribution in [2.45, 2.75) is 25.5 Å². The molecule has 0 spiro atoms. The zero-order chi connectivity index (χ0) is 21.3. The summed E-state index contributed by atoms with van der Waals surface area (Å²) in [7, 11) is 0. The van der Waals surface area contributed by atoms with Crippen LogP contribution in [0.2, 0.25) is 0 Å². The van der Waals surface area contributed by atoms with E-state index in [0.29, 0.717) is 26.8 Å². The molecule has 9 heteroatoms. The van der Waals surface area contributed by atoms with Crippen LogP contribution in [0.5, 0.6) is 5.75 Å². The molecular weight excluding hydrogens is 422 g/mol. The number of fused-ring (bicyclic) bond motifs is 1. The number of nitrogens with zero attached hydrogens (tertiary/aromatic N) is 2. The normalized spacial score (nSPS) is 11.1. The molecule has 0 saturated carbocycles. The van der Waals surface area contributed by atoms with Gasteiger partial charge >= 0.3 is 0 Å². The number of hydrogen-bond acceptors (Lipinski definition) is 7. The highest BCUT2D eigenvalue weighted by atomic mass is 32.2. The summed E-state index contributed by atoms with van der Waals surface area (Å²) in [6.07, 6.45) is 1.55. The van der Waals surface area contributed by atoms with Gasteiger partial charge in [0.1, 0.15) is 16.3 Å². The van der Waals surface area contributed by atoms with Gasteiger partial charge < -0.3 is 14.8 Å². The number of phenolic OH excluding ortho intramolecular Hbond substituents is 1. The van der Waals surface area contributed by atoms with Gasteiger partial charge in [-0.25, -0.2) is 4.98 Å². The number of anilines is 1. The van der Waals surface area contributed by atoms with Gasteiger partial charge in [0.2, 0.25) is 5.91 Å². The Morgan fingerprint density at radius 3 is 2.80 bits per heavy atom. The van der Waals surface area contributed by atoms with Crippen molar-refractivity contribution in [3.8, 4) is 5.75 Å². The van der Waals surface area contributed by atoms with Crippen LogP contribution >= 0.6 is 23.1 Å². The van der Waals surface area contributed by atoms with Crippen molar-refractivity contribution in [1.29, 1.82) is 0 Å². The van der Waals surface area contributed by atoms with Crippen LogP contribution in [0.1, 0.15) is 16.2 Å². The fourth-order valence-corrected chi connectivity index (χ4v) is 4.88. The van der Waals surface area contributed by atoms with Crippen molar-refractivity contribution in [3.05, 3.63) is 69.2 Å². The van der Waals surface area contributed by atoms with Gasteiger partial charge in [-0.05, 0) is 43.7 Å². The highest BCUT2D eigenvalue weighted by Crippen LogP contribution is 2.29. The number of carbonyl (C=O) groups is 1. The van der Waals surface area contributed by atoms with E-state index in [-0.39, 0.29) is 29.5 Å². The average molecular weight is 442 g/mol. The maximum atomic E-state index is 13.2. The molecule has 154 valence electrons. The van der Waals surface area contributed by atoms with E-state index in [0.717, 1.165) is 10.4 Å².